The Balaban J connectivity index is 2.55. The van der Waals surface area contributed by atoms with Crippen molar-refractivity contribution in [3.8, 4) is 0 Å². The summed E-state index contributed by atoms with van der Waals surface area (Å²) in [7, 11) is 0. The summed E-state index contributed by atoms with van der Waals surface area (Å²) < 4.78 is 1.95. The second kappa shape index (κ2) is 3.52. The van der Waals surface area contributed by atoms with Crippen molar-refractivity contribution in [3.63, 3.8) is 0 Å². The summed E-state index contributed by atoms with van der Waals surface area (Å²) in [6, 6.07) is 3.73. The fraction of sp³-hybridized carbons (Fsp3) is 0.250. The zero-order chi connectivity index (χ0) is 9.26. The topological polar surface area (TPSA) is 30.7 Å². The lowest BCUT2D eigenvalue weighted by atomic mass is 10.4. The van der Waals surface area contributed by atoms with Crippen molar-refractivity contribution < 1.29 is 0 Å². The van der Waals surface area contributed by atoms with Gasteiger partial charge in [-0.1, -0.05) is 11.6 Å². The van der Waals surface area contributed by atoms with Gasteiger partial charge in [0.1, 0.15) is 0 Å². The molecular weight excluding hydrogens is 209 g/mol. The highest BCUT2D eigenvalue weighted by molar-refractivity contribution is 6.29. The van der Waals surface area contributed by atoms with E-state index < -0.39 is 0 Å². The van der Waals surface area contributed by atoms with Crippen LogP contribution >= 0.6 is 23.2 Å². The van der Waals surface area contributed by atoms with Gasteiger partial charge in [-0.3, -0.25) is 0 Å². The quantitative estimate of drug-likeness (QED) is 0.721. The molecule has 0 radical (unpaired) electrons. The third-order valence-electron chi connectivity index (χ3n) is 1.80. The third kappa shape index (κ3) is 1.62. The van der Waals surface area contributed by atoms with Crippen molar-refractivity contribution >= 4 is 34.2 Å². The highest BCUT2D eigenvalue weighted by Gasteiger charge is 2.02. The van der Waals surface area contributed by atoms with Gasteiger partial charge >= 0.3 is 0 Å². The van der Waals surface area contributed by atoms with E-state index in [0.29, 0.717) is 11.0 Å². The molecule has 0 spiro atoms. The van der Waals surface area contributed by atoms with Gasteiger partial charge in [-0.15, -0.1) is 21.8 Å². The van der Waals surface area contributed by atoms with Crippen LogP contribution in [0.4, 0.5) is 0 Å². The number of hydrogen-bond donors (Lipinski definition) is 0. The van der Waals surface area contributed by atoms with Crippen LogP contribution in [-0.2, 0) is 6.54 Å². The van der Waals surface area contributed by atoms with Gasteiger partial charge in [0.2, 0.25) is 0 Å². The highest BCUT2D eigenvalue weighted by atomic mass is 35.5. The lowest BCUT2D eigenvalue weighted by molar-refractivity contribution is 0.784. The first-order valence-electron chi connectivity index (χ1n) is 3.85. The summed E-state index contributed by atoms with van der Waals surface area (Å²) in [5.74, 6) is 0.564. The summed E-state index contributed by atoms with van der Waals surface area (Å²) in [4.78, 5) is 0. The Labute approximate surface area is 85.3 Å². The second-order valence-corrected chi connectivity index (χ2v) is 3.41. The minimum Gasteiger partial charge on any atom is -0.330 e. The van der Waals surface area contributed by atoms with Crippen molar-refractivity contribution in [2.24, 2.45) is 0 Å². The van der Waals surface area contributed by atoms with Crippen molar-refractivity contribution in [1.82, 2.24) is 14.8 Å². The summed E-state index contributed by atoms with van der Waals surface area (Å²) >= 11 is 11.3. The van der Waals surface area contributed by atoms with E-state index in [0.717, 1.165) is 17.6 Å². The standard InChI is InChI=1S/C8H7Cl2N3/c9-2-4-13-3-1-6-5-7(10)11-12-8(6)13/h1,3,5H,2,4H2. The molecule has 0 aliphatic heterocycles. The third-order valence-corrected chi connectivity index (χ3v) is 2.16. The van der Waals surface area contributed by atoms with E-state index >= 15 is 0 Å². The SMILES string of the molecule is ClCCn1ccc2cc(Cl)nnc21. The van der Waals surface area contributed by atoms with E-state index in [1.807, 2.05) is 16.8 Å². The Morgan fingerprint density at radius 1 is 1.38 bits per heavy atom. The summed E-state index contributed by atoms with van der Waals surface area (Å²) in [5.41, 5.74) is 0.824. The van der Waals surface area contributed by atoms with Crippen molar-refractivity contribution in [3.05, 3.63) is 23.5 Å². The molecule has 0 amide bonds. The fourth-order valence-corrected chi connectivity index (χ4v) is 1.57. The largest absolute Gasteiger partial charge is 0.330 e. The molecule has 0 aliphatic rings. The Hall–Kier alpha value is -0.800. The van der Waals surface area contributed by atoms with Crippen molar-refractivity contribution in [2.45, 2.75) is 6.54 Å². The highest BCUT2D eigenvalue weighted by Crippen LogP contribution is 2.15. The molecule has 0 N–H and O–H groups in total. The molecule has 0 saturated carbocycles. The average molecular weight is 216 g/mol. The molecule has 2 aromatic heterocycles. The molecule has 68 valence electrons. The molecule has 0 bridgehead atoms. The van der Waals surface area contributed by atoms with E-state index in [2.05, 4.69) is 10.2 Å². The van der Waals surface area contributed by atoms with Crippen LogP contribution in [0.15, 0.2) is 18.3 Å². The Morgan fingerprint density at radius 3 is 3.00 bits per heavy atom. The Kier molecular flexibility index (Phi) is 2.38. The number of alkyl halides is 1. The second-order valence-electron chi connectivity index (χ2n) is 2.64. The predicted octanol–water partition coefficient (Wildman–Crippen LogP) is 2.32. The van der Waals surface area contributed by atoms with Crippen LogP contribution in [0.2, 0.25) is 5.15 Å². The molecule has 2 aromatic rings. The summed E-state index contributed by atoms with van der Waals surface area (Å²) in [5, 5.41) is 9.16. The van der Waals surface area contributed by atoms with Gasteiger partial charge in [-0.25, -0.2) is 0 Å². The van der Waals surface area contributed by atoms with E-state index in [-0.39, 0.29) is 0 Å². The maximum Gasteiger partial charge on any atom is 0.162 e. The normalized spacial score (nSPS) is 10.9. The number of hydrogen-bond acceptors (Lipinski definition) is 2. The van der Waals surface area contributed by atoms with Gasteiger partial charge in [0.15, 0.2) is 10.8 Å². The Morgan fingerprint density at radius 2 is 2.23 bits per heavy atom. The van der Waals surface area contributed by atoms with Crippen LogP contribution in [-0.4, -0.2) is 20.6 Å². The number of rotatable bonds is 2. The predicted molar refractivity (Wildman–Crippen MR) is 53.3 cm³/mol. The van der Waals surface area contributed by atoms with Crippen LogP contribution in [0.3, 0.4) is 0 Å². The van der Waals surface area contributed by atoms with E-state index in [9.17, 15) is 0 Å². The van der Waals surface area contributed by atoms with Crippen molar-refractivity contribution in [1.29, 1.82) is 0 Å². The zero-order valence-corrected chi connectivity index (χ0v) is 8.26. The first-order valence-corrected chi connectivity index (χ1v) is 4.76. The lowest BCUT2D eigenvalue weighted by Crippen LogP contribution is -1.98. The number of nitrogens with zero attached hydrogens (tertiary/aromatic N) is 3. The molecule has 3 nitrogen and oxygen atoms in total. The molecule has 2 rings (SSSR count). The van der Waals surface area contributed by atoms with E-state index in [1.54, 1.807) is 6.07 Å². The van der Waals surface area contributed by atoms with Crippen LogP contribution in [0.25, 0.3) is 11.0 Å². The minimum absolute atomic E-state index is 0.413. The number of aryl methyl sites for hydroxylation is 1. The molecule has 0 aliphatic carbocycles. The van der Waals surface area contributed by atoms with Gasteiger partial charge in [-0.2, -0.15) is 0 Å². The van der Waals surface area contributed by atoms with Gasteiger partial charge in [-0.05, 0) is 12.1 Å². The van der Waals surface area contributed by atoms with Crippen LogP contribution in [0.5, 0.6) is 0 Å². The molecule has 0 saturated heterocycles. The van der Waals surface area contributed by atoms with Gasteiger partial charge in [0, 0.05) is 24.0 Å². The lowest BCUT2D eigenvalue weighted by Gasteiger charge is -1.99. The molecular formula is C8H7Cl2N3. The first kappa shape index (κ1) is 8.78. The van der Waals surface area contributed by atoms with Crippen LogP contribution < -0.4 is 0 Å². The first-order chi connectivity index (χ1) is 6.31. The minimum atomic E-state index is 0.413. The fourth-order valence-electron chi connectivity index (χ4n) is 1.23. The monoisotopic (exact) mass is 215 g/mol. The average Bonchev–Trinajstić information content (AvgIpc) is 2.49. The molecule has 0 atom stereocenters. The number of halogens is 2. The molecule has 13 heavy (non-hydrogen) atoms. The molecule has 0 aromatic carbocycles. The van der Waals surface area contributed by atoms with E-state index in [1.165, 1.54) is 0 Å². The Bertz CT molecular complexity index is 424. The number of fused-ring (bicyclic) bond motifs is 1. The van der Waals surface area contributed by atoms with Crippen LogP contribution in [0, 0.1) is 0 Å². The maximum atomic E-state index is 5.70. The van der Waals surface area contributed by atoms with Gasteiger partial charge < -0.3 is 4.57 Å². The van der Waals surface area contributed by atoms with Crippen LogP contribution in [0.1, 0.15) is 0 Å². The van der Waals surface area contributed by atoms with Crippen molar-refractivity contribution in [2.75, 3.05) is 5.88 Å². The van der Waals surface area contributed by atoms with Gasteiger partial charge in [0.05, 0.1) is 0 Å². The van der Waals surface area contributed by atoms with Gasteiger partial charge in [0.25, 0.3) is 0 Å². The molecule has 0 fully saturated rings. The van der Waals surface area contributed by atoms with E-state index in [4.69, 9.17) is 23.2 Å². The summed E-state index contributed by atoms with van der Waals surface area (Å²) in [6.07, 6.45) is 1.93. The molecule has 0 unspecified atom stereocenters. The summed E-state index contributed by atoms with van der Waals surface area (Å²) in [6.45, 7) is 0.737. The number of aromatic nitrogens is 3. The maximum absolute atomic E-state index is 5.70. The smallest absolute Gasteiger partial charge is 0.162 e. The molecule has 5 heteroatoms. The zero-order valence-electron chi connectivity index (χ0n) is 6.74. The molecule has 2 heterocycles.